The smallest absolute Gasteiger partial charge is 0.329 e. The standard InChI is InChI=1S/C27H31FN2O4/c1-18-26(21-6-4-3-5-7-21)27(22-12-23(28)14-24(13-22)33-2)30(29-18)15-19-8-10-20(11-9-19)16-34-17-25(31)32/h3-7,12-14,19-20H,8-11,15-17H2,1-2H3,(H,31,32). The number of benzene rings is 2. The van der Waals surface area contributed by atoms with Crippen molar-refractivity contribution in [2.24, 2.45) is 11.8 Å². The number of carboxylic acid groups (broad SMARTS) is 1. The van der Waals surface area contributed by atoms with E-state index in [2.05, 4.69) is 12.1 Å². The second-order valence-electron chi connectivity index (χ2n) is 9.03. The Morgan fingerprint density at radius 2 is 1.79 bits per heavy atom. The van der Waals surface area contributed by atoms with Gasteiger partial charge < -0.3 is 14.6 Å². The van der Waals surface area contributed by atoms with Crippen molar-refractivity contribution in [3.63, 3.8) is 0 Å². The first-order chi connectivity index (χ1) is 16.4. The molecule has 0 unspecified atom stereocenters. The fraction of sp³-hybridized carbons (Fsp3) is 0.407. The zero-order valence-electron chi connectivity index (χ0n) is 19.7. The van der Waals surface area contributed by atoms with Crippen LogP contribution in [0.5, 0.6) is 5.75 Å². The molecule has 6 nitrogen and oxygen atoms in total. The van der Waals surface area contributed by atoms with Crippen molar-refractivity contribution < 1.29 is 23.8 Å². The summed E-state index contributed by atoms with van der Waals surface area (Å²) in [7, 11) is 1.54. The van der Waals surface area contributed by atoms with E-state index in [-0.39, 0.29) is 12.4 Å². The largest absolute Gasteiger partial charge is 0.497 e. The van der Waals surface area contributed by atoms with Crippen LogP contribution in [0.2, 0.25) is 0 Å². The van der Waals surface area contributed by atoms with Gasteiger partial charge in [0.05, 0.1) is 25.1 Å². The van der Waals surface area contributed by atoms with Gasteiger partial charge in [0, 0.05) is 23.7 Å². The number of halogens is 1. The molecule has 3 aromatic rings. The van der Waals surface area contributed by atoms with Crippen LogP contribution in [-0.2, 0) is 16.1 Å². The molecule has 34 heavy (non-hydrogen) atoms. The van der Waals surface area contributed by atoms with Crippen LogP contribution in [0.1, 0.15) is 31.4 Å². The highest BCUT2D eigenvalue weighted by Gasteiger charge is 2.25. The fourth-order valence-corrected chi connectivity index (χ4v) is 4.91. The molecular weight excluding hydrogens is 435 g/mol. The van der Waals surface area contributed by atoms with Crippen LogP contribution in [0.25, 0.3) is 22.4 Å². The van der Waals surface area contributed by atoms with Crippen LogP contribution in [0, 0.1) is 24.6 Å². The van der Waals surface area contributed by atoms with Gasteiger partial charge in [-0.05, 0) is 62.1 Å². The highest BCUT2D eigenvalue weighted by atomic mass is 19.1. The third kappa shape index (κ3) is 5.65. The molecule has 1 aliphatic rings. The van der Waals surface area contributed by atoms with Gasteiger partial charge in [-0.2, -0.15) is 5.10 Å². The summed E-state index contributed by atoms with van der Waals surface area (Å²) in [5, 5.41) is 13.7. The molecule has 0 amide bonds. The molecule has 0 aliphatic heterocycles. The first kappa shape index (κ1) is 24.0. The molecule has 0 atom stereocenters. The number of methoxy groups -OCH3 is 1. The molecule has 1 aromatic heterocycles. The zero-order chi connectivity index (χ0) is 24.1. The van der Waals surface area contributed by atoms with E-state index in [0.717, 1.165) is 60.3 Å². The summed E-state index contributed by atoms with van der Waals surface area (Å²) in [5.74, 6) is 0.0232. The molecule has 1 aliphatic carbocycles. The Labute approximate surface area is 199 Å². The predicted octanol–water partition coefficient (Wildman–Crippen LogP) is 5.58. The summed E-state index contributed by atoms with van der Waals surface area (Å²) in [4.78, 5) is 10.7. The summed E-state index contributed by atoms with van der Waals surface area (Å²) >= 11 is 0. The van der Waals surface area contributed by atoms with Crippen LogP contribution >= 0.6 is 0 Å². The molecule has 2 aromatic carbocycles. The number of carboxylic acids is 1. The highest BCUT2D eigenvalue weighted by molar-refractivity contribution is 5.83. The normalized spacial score (nSPS) is 18.1. The molecule has 1 heterocycles. The minimum atomic E-state index is -0.932. The van der Waals surface area contributed by atoms with Gasteiger partial charge in [0.25, 0.3) is 0 Å². The van der Waals surface area contributed by atoms with E-state index in [1.807, 2.05) is 35.9 Å². The van der Waals surface area contributed by atoms with Crippen LogP contribution in [0.4, 0.5) is 4.39 Å². The summed E-state index contributed by atoms with van der Waals surface area (Å²) in [6, 6.07) is 14.9. The second kappa shape index (κ2) is 10.8. The maximum Gasteiger partial charge on any atom is 0.329 e. The number of hydrogen-bond donors (Lipinski definition) is 1. The molecule has 0 spiro atoms. The molecule has 0 saturated heterocycles. The van der Waals surface area contributed by atoms with E-state index in [9.17, 15) is 9.18 Å². The van der Waals surface area contributed by atoms with Crippen molar-refractivity contribution in [3.05, 3.63) is 60.0 Å². The average Bonchev–Trinajstić information content (AvgIpc) is 3.15. The van der Waals surface area contributed by atoms with Gasteiger partial charge in [0.15, 0.2) is 0 Å². The number of aliphatic carboxylic acids is 1. The van der Waals surface area contributed by atoms with E-state index in [1.165, 1.54) is 13.2 Å². The van der Waals surface area contributed by atoms with Gasteiger partial charge >= 0.3 is 5.97 Å². The summed E-state index contributed by atoms with van der Waals surface area (Å²) < 4.78 is 27.1. The lowest BCUT2D eigenvalue weighted by Crippen LogP contribution is -2.23. The summed E-state index contributed by atoms with van der Waals surface area (Å²) in [5.41, 5.74) is 4.59. The van der Waals surface area contributed by atoms with Crippen molar-refractivity contribution in [3.8, 4) is 28.1 Å². The minimum Gasteiger partial charge on any atom is -0.497 e. The number of hydrogen-bond acceptors (Lipinski definition) is 4. The van der Waals surface area contributed by atoms with Gasteiger partial charge in [-0.3, -0.25) is 4.68 Å². The molecule has 0 bridgehead atoms. The number of ether oxygens (including phenoxy) is 2. The molecule has 1 saturated carbocycles. The van der Waals surface area contributed by atoms with Crippen LogP contribution in [-0.4, -0.2) is 41.2 Å². The third-order valence-corrected chi connectivity index (χ3v) is 6.55. The Bertz CT molecular complexity index is 1120. The molecule has 1 fully saturated rings. The Morgan fingerprint density at radius 1 is 1.09 bits per heavy atom. The van der Waals surface area contributed by atoms with Crippen LogP contribution < -0.4 is 4.74 Å². The van der Waals surface area contributed by atoms with Gasteiger partial charge in [0.2, 0.25) is 0 Å². The Morgan fingerprint density at radius 3 is 2.47 bits per heavy atom. The van der Waals surface area contributed by atoms with Crippen LogP contribution in [0.15, 0.2) is 48.5 Å². The summed E-state index contributed by atoms with van der Waals surface area (Å²) in [6.45, 7) is 2.99. The lowest BCUT2D eigenvalue weighted by atomic mass is 9.82. The molecular formula is C27H31FN2O4. The van der Waals surface area contributed by atoms with Gasteiger partial charge in [-0.1, -0.05) is 30.3 Å². The van der Waals surface area contributed by atoms with Gasteiger partial charge in [0.1, 0.15) is 18.2 Å². The quantitative estimate of drug-likeness (QED) is 0.446. The fourth-order valence-electron chi connectivity index (χ4n) is 4.91. The Balaban J connectivity index is 1.60. The van der Waals surface area contributed by atoms with Crippen molar-refractivity contribution in [1.82, 2.24) is 9.78 Å². The van der Waals surface area contributed by atoms with E-state index in [0.29, 0.717) is 24.2 Å². The zero-order valence-corrected chi connectivity index (χ0v) is 19.7. The first-order valence-corrected chi connectivity index (χ1v) is 11.7. The topological polar surface area (TPSA) is 73.6 Å². The second-order valence-corrected chi connectivity index (χ2v) is 9.03. The molecule has 1 N–H and O–H groups in total. The Hall–Kier alpha value is -3.19. The van der Waals surface area contributed by atoms with E-state index < -0.39 is 5.97 Å². The van der Waals surface area contributed by atoms with Crippen molar-refractivity contribution in [2.75, 3.05) is 20.3 Å². The molecule has 7 heteroatoms. The SMILES string of the molecule is COc1cc(F)cc(-c2c(-c3ccccc3)c(C)nn2CC2CCC(COCC(=O)O)CC2)c1. The molecule has 4 rings (SSSR count). The molecule has 180 valence electrons. The van der Waals surface area contributed by atoms with Crippen LogP contribution in [0.3, 0.4) is 0 Å². The predicted molar refractivity (Wildman–Crippen MR) is 128 cm³/mol. The van der Waals surface area contributed by atoms with Gasteiger partial charge in [-0.15, -0.1) is 0 Å². The van der Waals surface area contributed by atoms with E-state index in [1.54, 1.807) is 6.07 Å². The lowest BCUT2D eigenvalue weighted by Gasteiger charge is -2.28. The molecule has 0 radical (unpaired) electrons. The first-order valence-electron chi connectivity index (χ1n) is 11.7. The van der Waals surface area contributed by atoms with E-state index in [4.69, 9.17) is 19.7 Å². The third-order valence-electron chi connectivity index (χ3n) is 6.55. The number of nitrogens with zero attached hydrogens (tertiary/aromatic N) is 2. The number of rotatable bonds is 9. The minimum absolute atomic E-state index is 0.241. The van der Waals surface area contributed by atoms with Crippen molar-refractivity contribution in [2.45, 2.75) is 39.2 Å². The highest BCUT2D eigenvalue weighted by Crippen LogP contribution is 2.38. The monoisotopic (exact) mass is 466 g/mol. The summed E-state index contributed by atoms with van der Waals surface area (Å²) in [6.07, 6.45) is 4.04. The van der Waals surface area contributed by atoms with Crippen molar-refractivity contribution >= 4 is 5.97 Å². The lowest BCUT2D eigenvalue weighted by molar-refractivity contribution is -0.142. The number of aryl methyl sites for hydroxylation is 1. The maximum atomic E-state index is 14.5. The van der Waals surface area contributed by atoms with Gasteiger partial charge in [-0.25, -0.2) is 9.18 Å². The number of carbonyl (C=O) groups is 1. The van der Waals surface area contributed by atoms with Crippen molar-refractivity contribution in [1.29, 1.82) is 0 Å². The van der Waals surface area contributed by atoms with E-state index >= 15 is 0 Å². The Kier molecular flexibility index (Phi) is 7.63. The number of aromatic nitrogens is 2. The average molecular weight is 467 g/mol. The maximum absolute atomic E-state index is 14.5.